The molecular formula is C15H15ClFNO. The van der Waals surface area contributed by atoms with E-state index >= 15 is 0 Å². The van der Waals surface area contributed by atoms with Gasteiger partial charge in [0, 0.05) is 11.9 Å². The standard InChI is InChI=1S/C15H15ClFNO/c16-15-11(4-3-6-14(15)17)10-13(19)8-7-12-5-1-2-9-18-12/h1-6,9,13,19H,7-8,10H2. The van der Waals surface area contributed by atoms with Crippen molar-refractivity contribution in [2.75, 3.05) is 0 Å². The molecule has 0 aliphatic rings. The van der Waals surface area contributed by atoms with Crippen LogP contribution in [0.1, 0.15) is 17.7 Å². The molecule has 19 heavy (non-hydrogen) atoms. The van der Waals surface area contributed by atoms with Crippen LogP contribution in [0.2, 0.25) is 5.02 Å². The predicted molar refractivity (Wildman–Crippen MR) is 73.7 cm³/mol. The molecule has 100 valence electrons. The van der Waals surface area contributed by atoms with Gasteiger partial charge in [0.15, 0.2) is 0 Å². The van der Waals surface area contributed by atoms with Gasteiger partial charge in [0.25, 0.3) is 0 Å². The van der Waals surface area contributed by atoms with Crippen LogP contribution in [-0.2, 0) is 12.8 Å². The van der Waals surface area contributed by atoms with Crippen LogP contribution in [0.25, 0.3) is 0 Å². The second-order valence-electron chi connectivity index (χ2n) is 4.43. The highest BCUT2D eigenvalue weighted by Gasteiger charge is 2.11. The topological polar surface area (TPSA) is 33.1 Å². The molecule has 0 bridgehead atoms. The van der Waals surface area contributed by atoms with Crippen molar-refractivity contribution in [3.63, 3.8) is 0 Å². The lowest BCUT2D eigenvalue weighted by molar-refractivity contribution is 0.165. The van der Waals surface area contributed by atoms with Crippen LogP contribution in [0.5, 0.6) is 0 Å². The molecule has 2 rings (SSSR count). The van der Waals surface area contributed by atoms with E-state index in [0.29, 0.717) is 24.8 Å². The molecule has 1 heterocycles. The summed E-state index contributed by atoms with van der Waals surface area (Å²) in [6.45, 7) is 0. The first-order chi connectivity index (χ1) is 9.16. The number of aliphatic hydroxyl groups is 1. The number of aromatic nitrogens is 1. The van der Waals surface area contributed by atoms with Gasteiger partial charge in [-0.25, -0.2) is 4.39 Å². The van der Waals surface area contributed by atoms with Crippen molar-refractivity contribution >= 4 is 11.6 Å². The summed E-state index contributed by atoms with van der Waals surface area (Å²) in [7, 11) is 0. The van der Waals surface area contributed by atoms with Crippen LogP contribution >= 0.6 is 11.6 Å². The van der Waals surface area contributed by atoms with E-state index in [9.17, 15) is 9.50 Å². The average Bonchev–Trinajstić information content (AvgIpc) is 2.43. The first kappa shape index (κ1) is 14.0. The second kappa shape index (κ2) is 6.64. The molecule has 0 aliphatic carbocycles. The molecule has 1 aromatic carbocycles. The minimum absolute atomic E-state index is 0.0967. The lowest BCUT2D eigenvalue weighted by Gasteiger charge is -2.11. The highest BCUT2D eigenvalue weighted by atomic mass is 35.5. The fraction of sp³-hybridized carbons (Fsp3) is 0.267. The van der Waals surface area contributed by atoms with E-state index < -0.39 is 11.9 Å². The summed E-state index contributed by atoms with van der Waals surface area (Å²) in [6.07, 6.45) is 2.79. The molecule has 0 amide bonds. The number of benzene rings is 1. The van der Waals surface area contributed by atoms with E-state index in [4.69, 9.17) is 11.6 Å². The number of aliphatic hydroxyl groups excluding tert-OH is 1. The number of pyridine rings is 1. The number of aryl methyl sites for hydroxylation is 1. The zero-order valence-electron chi connectivity index (χ0n) is 10.4. The van der Waals surface area contributed by atoms with E-state index in [2.05, 4.69) is 4.98 Å². The van der Waals surface area contributed by atoms with E-state index in [0.717, 1.165) is 5.69 Å². The number of hydrogen-bond acceptors (Lipinski definition) is 2. The van der Waals surface area contributed by atoms with Gasteiger partial charge in [-0.3, -0.25) is 4.98 Å². The summed E-state index contributed by atoms with van der Waals surface area (Å²) in [5.74, 6) is -0.448. The second-order valence-corrected chi connectivity index (χ2v) is 4.81. The smallest absolute Gasteiger partial charge is 0.142 e. The molecule has 1 atom stereocenters. The molecule has 2 aromatic rings. The molecule has 1 aromatic heterocycles. The van der Waals surface area contributed by atoms with Crippen molar-refractivity contribution in [1.29, 1.82) is 0 Å². The SMILES string of the molecule is OC(CCc1ccccn1)Cc1cccc(F)c1Cl. The minimum atomic E-state index is -0.554. The van der Waals surface area contributed by atoms with Crippen molar-refractivity contribution in [2.45, 2.75) is 25.4 Å². The molecule has 1 N–H and O–H groups in total. The third kappa shape index (κ3) is 4.01. The molecule has 0 aliphatic heterocycles. The molecule has 0 spiro atoms. The number of halogens is 2. The fourth-order valence-electron chi connectivity index (χ4n) is 1.92. The summed E-state index contributed by atoms with van der Waals surface area (Å²) >= 11 is 5.86. The van der Waals surface area contributed by atoms with Crippen LogP contribution in [-0.4, -0.2) is 16.2 Å². The van der Waals surface area contributed by atoms with E-state index in [1.165, 1.54) is 6.07 Å². The van der Waals surface area contributed by atoms with Gasteiger partial charge in [0.05, 0.1) is 11.1 Å². The van der Waals surface area contributed by atoms with E-state index in [-0.39, 0.29) is 5.02 Å². The molecule has 0 saturated heterocycles. The van der Waals surface area contributed by atoms with Crippen molar-refractivity contribution in [1.82, 2.24) is 4.98 Å². The van der Waals surface area contributed by atoms with Crippen LogP contribution in [0.15, 0.2) is 42.6 Å². The van der Waals surface area contributed by atoms with Crippen molar-refractivity contribution in [2.24, 2.45) is 0 Å². The van der Waals surface area contributed by atoms with Gasteiger partial charge in [-0.2, -0.15) is 0 Å². The maximum atomic E-state index is 13.3. The first-order valence-electron chi connectivity index (χ1n) is 6.17. The van der Waals surface area contributed by atoms with Crippen molar-refractivity contribution in [3.8, 4) is 0 Å². The van der Waals surface area contributed by atoms with Gasteiger partial charge >= 0.3 is 0 Å². The Morgan fingerprint density at radius 3 is 2.79 bits per heavy atom. The normalized spacial score (nSPS) is 12.4. The van der Waals surface area contributed by atoms with Crippen molar-refractivity contribution in [3.05, 3.63) is 64.7 Å². The highest BCUT2D eigenvalue weighted by molar-refractivity contribution is 6.31. The lowest BCUT2D eigenvalue weighted by atomic mass is 10.0. The van der Waals surface area contributed by atoms with Gasteiger partial charge in [-0.05, 0) is 43.0 Å². The zero-order chi connectivity index (χ0) is 13.7. The third-order valence-corrected chi connectivity index (χ3v) is 3.37. The maximum absolute atomic E-state index is 13.3. The molecular weight excluding hydrogens is 265 g/mol. The Morgan fingerprint density at radius 1 is 1.21 bits per heavy atom. The van der Waals surface area contributed by atoms with Crippen molar-refractivity contribution < 1.29 is 9.50 Å². The quantitative estimate of drug-likeness (QED) is 0.910. The summed E-state index contributed by atoms with van der Waals surface area (Å²) < 4.78 is 13.3. The Kier molecular flexibility index (Phi) is 4.88. The lowest BCUT2D eigenvalue weighted by Crippen LogP contribution is -2.12. The maximum Gasteiger partial charge on any atom is 0.142 e. The predicted octanol–water partition coefficient (Wildman–Crippen LogP) is 3.41. The van der Waals surface area contributed by atoms with E-state index in [1.54, 1.807) is 18.3 Å². The van der Waals surface area contributed by atoms with E-state index in [1.807, 2.05) is 18.2 Å². The molecule has 0 fully saturated rings. The molecule has 1 unspecified atom stereocenters. The Morgan fingerprint density at radius 2 is 2.05 bits per heavy atom. The summed E-state index contributed by atoms with van der Waals surface area (Å²) in [5.41, 5.74) is 1.57. The first-order valence-corrected chi connectivity index (χ1v) is 6.55. The van der Waals surface area contributed by atoms with Gasteiger partial charge in [0.2, 0.25) is 0 Å². The van der Waals surface area contributed by atoms with Gasteiger partial charge in [-0.1, -0.05) is 29.8 Å². The Labute approximate surface area is 116 Å². The van der Waals surface area contributed by atoms with Gasteiger partial charge in [-0.15, -0.1) is 0 Å². The summed E-state index contributed by atoms with van der Waals surface area (Å²) in [6, 6.07) is 10.3. The monoisotopic (exact) mass is 279 g/mol. The van der Waals surface area contributed by atoms with Crippen LogP contribution in [0.3, 0.4) is 0 Å². The van der Waals surface area contributed by atoms with Gasteiger partial charge in [0.1, 0.15) is 5.82 Å². The molecule has 0 radical (unpaired) electrons. The summed E-state index contributed by atoms with van der Waals surface area (Å²) in [5, 5.41) is 10.1. The van der Waals surface area contributed by atoms with Gasteiger partial charge < -0.3 is 5.11 Å². The van der Waals surface area contributed by atoms with Crippen LogP contribution < -0.4 is 0 Å². The Hall–Kier alpha value is -1.45. The molecule has 0 saturated carbocycles. The number of rotatable bonds is 5. The highest BCUT2D eigenvalue weighted by Crippen LogP contribution is 2.21. The summed E-state index contributed by atoms with van der Waals surface area (Å²) in [4.78, 5) is 4.19. The number of nitrogens with zero attached hydrogens (tertiary/aromatic N) is 1. The largest absolute Gasteiger partial charge is 0.393 e. The third-order valence-electron chi connectivity index (χ3n) is 2.95. The Bertz CT molecular complexity index is 533. The molecule has 2 nitrogen and oxygen atoms in total. The Balaban J connectivity index is 1.91. The fourth-order valence-corrected chi connectivity index (χ4v) is 2.13. The van der Waals surface area contributed by atoms with Crippen LogP contribution in [0.4, 0.5) is 4.39 Å². The zero-order valence-corrected chi connectivity index (χ0v) is 11.1. The number of hydrogen-bond donors (Lipinski definition) is 1. The van der Waals surface area contributed by atoms with Crippen LogP contribution in [0, 0.1) is 5.82 Å². The molecule has 4 heteroatoms. The minimum Gasteiger partial charge on any atom is -0.393 e. The average molecular weight is 280 g/mol.